The van der Waals surface area contributed by atoms with E-state index in [1.807, 2.05) is 30.5 Å². The average molecular weight is 267 g/mol. The highest BCUT2D eigenvalue weighted by atomic mass is 35.5. The van der Waals surface area contributed by atoms with E-state index in [1.165, 1.54) is 16.0 Å². The number of hydrogen-bond acceptors (Lipinski definition) is 4. The molecule has 0 aliphatic heterocycles. The second-order valence-electron chi connectivity index (χ2n) is 3.40. The molecule has 2 N–H and O–H groups in total. The highest BCUT2D eigenvalue weighted by molar-refractivity contribution is 7.07. The van der Waals surface area contributed by atoms with Crippen LogP contribution >= 0.6 is 22.9 Å². The molecule has 0 saturated carbocycles. The van der Waals surface area contributed by atoms with Crippen molar-refractivity contribution in [3.63, 3.8) is 0 Å². The third-order valence-electron chi connectivity index (χ3n) is 2.17. The first-order chi connectivity index (χ1) is 8.18. The van der Waals surface area contributed by atoms with Crippen molar-refractivity contribution >= 4 is 29.2 Å². The fourth-order valence-corrected chi connectivity index (χ4v) is 2.12. The van der Waals surface area contributed by atoms with Gasteiger partial charge in [0.05, 0.1) is 6.21 Å². The number of nitrogens with two attached hydrogens (primary N) is 1. The Morgan fingerprint density at radius 2 is 2.18 bits per heavy atom. The van der Waals surface area contributed by atoms with Crippen LogP contribution in [0.25, 0.3) is 0 Å². The SMILES string of the molecule is Cc1cs/c(=N/N=C\c2ccccc2Cl)n1N. The van der Waals surface area contributed by atoms with E-state index in [-0.39, 0.29) is 0 Å². The van der Waals surface area contributed by atoms with Crippen molar-refractivity contribution in [2.24, 2.45) is 10.2 Å². The first kappa shape index (κ1) is 11.9. The molecular weight excluding hydrogens is 256 g/mol. The van der Waals surface area contributed by atoms with Gasteiger partial charge in [0.2, 0.25) is 4.80 Å². The van der Waals surface area contributed by atoms with E-state index >= 15 is 0 Å². The van der Waals surface area contributed by atoms with Crippen LogP contribution in [-0.2, 0) is 0 Å². The highest BCUT2D eigenvalue weighted by Crippen LogP contribution is 2.12. The molecule has 1 heterocycles. The predicted octanol–water partition coefficient (Wildman–Crippen LogP) is 2.16. The van der Waals surface area contributed by atoms with E-state index < -0.39 is 0 Å². The largest absolute Gasteiger partial charge is 0.337 e. The summed E-state index contributed by atoms with van der Waals surface area (Å²) in [6, 6.07) is 7.44. The third kappa shape index (κ3) is 2.75. The minimum absolute atomic E-state index is 0.644. The van der Waals surface area contributed by atoms with Crippen molar-refractivity contribution in [2.45, 2.75) is 6.92 Å². The van der Waals surface area contributed by atoms with Crippen molar-refractivity contribution in [3.8, 4) is 0 Å². The molecule has 0 spiro atoms. The second-order valence-corrected chi connectivity index (χ2v) is 4.64. The minimum Gasteiger partial charge on any atom is -0.337 e. The summed E-state index contributed by atoms with van der Waals surface area (Å²) in [7, 11) is 0. The van der Waals surface area contributed by atoms with Crippen molar-refractivity contribution < 1.29 is 0 Å². The summed E-state index contributed by atoms with van der Waals surface area (Å²) >= 11 is 7.42. The summed E-state index contributed by atoms with van der Waals surface area (Å²) in [5.74, 6) is 5.75. The molecule has 0 unspecified atom stereocenters. The molecule has 1 aromatic carbocycles. The zero-order valence-electron chi connectivity index (χ0n) is 9.17. The van der Waals surface area contributed by atoms with Crippen LogP contribution in [0.2, 0.25) is 5.02 Å². The van der Waals surface area contributed by atoms with E-state index in [4.69, 9.17) is 17.4 Å². The van der Waals surface area contributed by atoms with Crippen molar-refractivity contribution in [1.82, 2.24) is 4.68 Å². The smallest absolute Gasteiger partial charge is 0.229 e. The second kappa shape index (κ2) is 5.16. The van der Waals surface area contributed by atoms with Gasteiger partial charge in [-0.25, -0.2) is 4.68 Å². The van der Waals surface area contributed by atoms with Gasteiger partial charge in [-0.2, -0.15) is 5.10 Å². The molecule has 0 radical (unpaired) electrons. The standard InChI is InChI=1S/C11H11ClN4S/c1-8-7-17-11(16(8)13)15-14-6-9-4-2-3-5-10(9)12/h2-7H,13H2,1H3/b14-6-,15-11+. The number of halogens is 1. The Hall–Kier alpha value is -1.59. The van der Waals surface area contributed by atoms with E-state index in [2.05, 4.69) is 10.2 Å². The maximum atomic E-state index is 5.98. The number of nitrogens with zero attached hydrogens (tertiary/aromatic N) is 3. The van der Waals surface area contributed by atoms with Gasteiger partial charge in [0.25, 0.3) is 0 Å². The molecule has 6 heteroatoms. The lowest BCUT2D eigenvalue weighted by Gasteiger charge is -1.94. The Morgan fingerprint density at radius 3 is 2.82 bits per heavy atom. The Balaban J connectivity index is 2.26. The van der Waals surface area contributed by atoms with E-state index in [1.54, 1.807) is 12.3 Å². The Labute approximate surface area is 108 Å². The van der Waals surface area contributed by atoms with E-state index in [0.29, 0.717) is 9.82 Å². The van der Waals surface area contributed by atoms with Crippen molar-refractivity contribution in [1.29, 1.82) is 0 Å². The van der Waals surface area contributed by atoms with Gasteiger partial charge in [0.15, 0.2) is 0 Å². The van der Waals surface area contributed by atoms with E-state index in [9.17, 15) is 0 Å². The highest BCUT2D eigenvalue weighted by Gasteiger charge is 1.95. The van der Waals surface area contributed by atoms with Gasteiger partial charge < -0.3 is 5.84 Å². The summed E-state index contributed by atoms with van der Waals surface area (Å²) in [5.41, 5.74) is 1.77. The summed E-state index contributed by atoms with van der Waals surface area (Å²) in [4.78, 5) is 0.644. The molecule has 0 bridgehead atoms. The number of nitrogen functional groups attached to an aromatic ring is 1. The maximum absolute atomic E-state index is 5.98. The van der Waals surface area contributed by atoms with Crippen molar-refractivity contribution in [2.75, 3.05) is 5.84 Å². The first-order valence-electron chi connectivity index (χ1n) is 4.92. The molecule has 2 rings (SSSR count). The number of aryl methyl sites for hydroxylation is 1. The van der Waals surface area contributed by atoms with Crippen LogP contribution in [-0.4, -0.2) is 10.9 Å². The van der Waals surface area contributed by atoms with Gasteiger partial charge in [-0.3, -0.25) is 0 Å². The topological polar surface area (TPSA) is 55.7 Å². The van der Waals surface area contributed by atoms with Crippen molar-refractivity contribution in [3.05, 3.63) is 50.7 Å². The molecule has 4 nitrogen and oxygen atoms in total. The predicted molar refractivity (Wildman–Crippen MR) is 71.8 cm³/mol. The Morgan fingerprint density at radius 1 is 1.41 bits per heavy atom. The number of aromatic nitrogens is 1. The quantitative estimate of drug-likeness (QED) is 0.505. The molecule has 0 atom stereocenters. The van der Waals surface area contributed by atoms with Gasteiger partial charge >= 0.3 is 0 Å². The van der Waals surface area contributed by atoms with Crippen LogP contribution in [0.15, 0.2) is 39.8 Å². The zero-order valence-corrected chi connectivity index (χ0v) is 10.7. The zero-order chi connectivity index (χ0) is 12.3. The van der Waals surface area contributed by atoms with Crippen LogP contribution < -0.4 is 10.6 Å². The fourth-order valence-electron chi connectivity index (χ4n) is 1.19. The van der Waals surface area contributed by atoms with Gasteiger partial charge in [0, 0.05) is 21.7 Å². The first-order valence-corrected chi connectivity index (χ1v) is 6.18. The summed E-state index contributed by atoms with van der Waals surface area (Å²) < 4.78 is 1.49. The molecule has 88 valence electrons. The molecule has 0 saturated heterocycles. The number of rotatable bonds is 2. The lowest BCUT2D eigenvalue weighted by atomic mass is 10.2. The normalized spacial score (nSPS) is 12.5. The number of thiazole rings is 1. The molecule has 0 aliphatic carbocycles. The molecule has 0 amide bonds. The fraction of sp³-hybridized carbons (Fsp3) is 0.0909. The van der Waals surface area contributed by atoms with Crippen LogP contribution in [0, 0.1) is 6.92 Å². The lowest BCUT2D eigenvalue weighted by molar-refractivity contribution is 0.884. The Bertz CT molecular complexity index is 612. The minimum atomic E-state index is 0.644. The van der Waals surface area contributed by atoms with Crippen LogP contribution in [0.1, 0.15) is 11.3 Å². The van der Waals surface area contributed by atoms with E-state index in [0.717, 1.165) is 11.3 Å². The Kier molecular flexibility index (Phi) is 3.61. The molecular formula is C11H11ClN4S. The number of hydrogen-bond donors (Lipinski definition) is 1. The summed E-state index contributed by atoms with van der Waals surface area (Å²) in [6.45, 7) is 1.91. The van der Waals surface area contributed by atoms with Gasteiger partial charge in [-0.05, 0) is 13.0 Å². The summed E-state index contributed by atoms with van der Waals surface area (Å²) in [6.07, 6.45) is 1.61. The molecule has 1 aromatic heterocycles. The molecule has 0 fully saturated rings. The van der Waals surface area contributed by atoms with Gasteiger partial charge in [-0.1, -0.05) is 29.8 Å². The monoisotopic (exact) mass is 266 g/mol. The maximum Gasteiger partial charge on any atom is 0.229 e. The van der Waals surface area contributed by atoms with Crippen LogP contribution in [0.5, 0.6) is 0 Å². The summed E-state index contributed by atoms with van der Waals surface area (Å²) in [5, 5.41) is 10.6. The van der Waals surface area contributed by atoms with Crippen LogP contribution in [0.4, 0.5) is 0 Å². The van der Waals surface area contributed by atoms with Crippen LogP contribution in [0.3, 0.4) is 0 Å². The molecule has 17 heavy (non-hydrogen) atoms. The van der Waals surface area contributed by atoms with Gasteiger partial charge in [0.1, 0.15) is 0 Å². The lowest BCUT2D eigenvalue weighted by Crippen LogP contribution is -2.23. The molecule has 0 aliphatic rings. The molecule has 2 aromatic rings. The van der Waals surface area contributed by atoms with Gasteiger partial charge in [-0.15, -0.1) is 16.4 Å². The number of benzene rings is 1. The average Bonchev–Trinajstić information content (AvgIpc) is 2.63. The third-order valence-corrected chi connectivity index (χ3v) is 3.46.